The fraction of sp³-hybridized carbons (Fsp3) is 0.333. The third kappa shape index (κ3) is 4.85. The van der Waals surface area contributed by atoms with Gasteiger partial charge in [-0.15, -0.1) is 0 Å². The first kappa shape index (κ1) is 19.8. The van der Waals surface area contributed by atoms with Crippen molar-refractivity contribution in [1.29, 1.82) is 0 Å². The first-order valence-corrected chi connectivity index (χ1v) is 9.42. The van der Waals surface area contributed by atoms with Gasteiger partial charge >= 0.3 is 0 Å². The molecular formula is C21H24F2N4O. The highest BCUT2D eigenvalue weighted by Gasteiger charge is 2.24. The van der Waals surface area contributed by atoms with E-state index in [0.717, 1.165) is 17.3 Å². The molecule has 0 radical (unpaired) electrons. The summed E-state index contributed by atoms with van der Waals surface area (Å²) in [7, 11) is 0. The molecule has 3 N–H and O–H groups in total. The molecule has 0 saturated carbocycles. The number of nitrogens with zero attached hydrogens (tertiary/aromatic N) is 1. The molecule has 0 spiro atoms. The van der Waals surface area contributed by atoms with Crippen LogP contribution < -0.4 is 16.0 Å². The highest BCUT2D eigenvalue weighted by atomic mass is 19.2. The lowest BCUT2D eigenvalue weighted by atomic mass is 9.91. The lowest BCUT2D eigenvalue weighted by Gasteiger charge is -2.24. The molecule has 5 nitrogen and oxygen atoms in total. The molecular weight excluding hydrogens is 362 g/mol. The van der Waals surface area contributed by atoms with E-state index in [-0.39, 0.29) is 11.8 Å². The third-order valence-corrected chi connectivity index (χ3v) is 4.64. The summed E-state index contributed by atoms with van der Waals surface area (Å²) in [6.45, 7) is 3.48. The van der Waals surface area contributed by atoms with Crippen LogP contribution in [0.2, 0.25) is 0 Å². The normalized spacial score (nSPS) is 16.3. The van der Waals surface area contributed by atoms with Gasteiger partial charge < -0.3 is 16.0 Å². The SMILES string of the molecule is CCNC(=NCC1CC(=O)Nc2ccccc21)NCCc1cccc(F)c1F. The first-order chi connectivity index (χ1) is 13.6. The number of amides is 1. The summed E-state index contributed by atoms with van der Waals surface area (Å²) >= 11 is 0. The maximum atomic E-state index is 13.8. The number of rotatable bonds is 6. The number of hydrogen-bond donors (Lipinski definition) is 3. The van der Waals surface area contributed by atoms with E-state index >= 15 is 0 Å². The molecule has 1 aliphatic rings. The van der Waals surface area contributed by atoms with Crippen LogP contribution in [0, 0.1) is 11.6 Å². The number of anilines is 1. The quantitative estimate of drug-likeness (QED) is 0.528. The molecule has 2 aromatic rings. The molecule has 1 unspecified atom stereocenters. The lowest BCUT2D eigenvalue weighted by Crippen LogP contribution is -2.39. The molecule has 7 heteroatoms. The van der Waals surface area contributed by atoms with Gasteiger partial charge in [-0.1, -0.05) is 30.3 Å². The number of hydrogen-bond acceptors (Lipinski definition) is 2. The van der Waals surface area contributed by atoms with Crippen molar-refractivity contribution in [1.82, 2.24) is 10.6 Å². The number of fused-ring (bicyclic) bond motifs is 1. The number of guanidine groups is 1. The summed E-state index contributed by atoms with van der Waals surface area (Å²) in [6, 6.07) is 11.9. The van der Waals surface area contributed by atoms with Crippen molar-refractivity contribution in [3.05, 3.63) is 65.2 Å². The van der Waals surface area contributed by atoms with Crippen LogP contribution in [0.1, 0.15) is 30.4 Å². The van der Waals surface area contributed by atoms with Crippen LogP contribution in [0.3, 0.4) is 0 Å². The number of para-hydroxylation sites is 1. The Kier molecular flexibility index (Phi) is 6.57. The zero-order chi connectivity index (χ0) is 19.9. The van der Waals surface area contributed by atoms with E-state index in [1.54, 1.807) is 6.07 Å². The number of carbonyl (C=O) groups excluding carboxylic acids is 1. The number of carbonyl (C=O) groups is 1. The Balaban J connectivity index is 1.63. The fourth-order valence-electron chi connectivity index (χ4n) is 3.27. The van der Waals surface area contributed by atoms with Gasteiger partial charge in [0.2, 0.25) is 5.91 Å². The molecule has 0 aromatic heterocycles. The zero-order valence-electron chi connectivity index (χ0n) is 15.8. The van der Waals surface area contributed by atoms with Crippen LogP contribution in [-0.2, 0) is 11.2 Å². The average molecular weight is 386 g/mol. The zero-order valence-corrected chi connectivity index (χ0v) is 15.8. The van der Waals surface area contributed by atoms with E-state index < -0.39 is 11.6 Å². The fourth-order valence-corrected chi connectivity index (χ4v) is 3.27. The number of benzene rings is 2. The van der Waals surface area contributed by atoms with Crippen molar-refractivity contribution in [3.63, 3.8) is 0 Å². The number of halogens is 2. The summed E-state index contributed by atoms with van der Waals surface area (Å²) in [6.07, 6.45) is 0.719. The Morgan fingerprint density at radius 3 is 2.82 bits per heavy atom. The molecule has 1 atom stereocenters. The van der Waals surface area contributed by atoms with Crippen LogP contribution in [0.5, 0.6) is 0 Å². The van der Waals surface area contributed by atoms with Gasteiger partial charge in [-0.05, 0) is 36.6 Å². The maximum absolute atomic E-state index is 13.8. The minimum absolute atomic E-state index is 0.000991. The summed E-state index contributed by atoms with van der Waals surface area (Å²) in [5.41, 5.74) is 2.23. The van der Waals surface area contributed by atoms with E-state index in [0.29, 0.717) is 44.0 Å². The molecule has 1 amide bonds. The smallest absolute Gasteiger partial charge is 0.225 e. The minimum Gasteiger partial charge on any atom is -0.357 e. The molecule has 0 saturated heterocycles. The van der Waals surface area contributed by atoms with Crippen LogP contribution in [0.15, 0.2) is 47.5 Å². The van der Waals surface area contributed by atoms with Crippen LogP contribution >= 0.6 is 0 Å². The standard InChI is InChI=1S/C21H24F2N4O/c1-2-24-21(25-11-10-14-6-5-8-17(22)20(14)23)26-13-15-12-19(28)27-18-9-4-3-7-16(15)18/h3-9,15H,2,10-13H2,1H3,(H,27,28)(H2,24,25,26). The Morgan fingerprint density at radius 2 is 2.00 bits per heavy atom. The van der Waals surface area contributed by atoms with Gasteiger partial charge in [-0.25, -0.2) is 8.78 Å². The van der Waals surface area contributed by atoms with Gasteiger partial charge in [0.1, 0.15) is 0 Å². The van der Waals surface area contributed by atoms with E-state index in [1.165, 1.54) is 6.07 Å². The maximum Gasteiger partial charge on any atom is 0.225 e. The van der Waals surface area contributed by atoms with Gasteiger partial charge in [0.25, 0.3) is 0 Å². The molecule has 1 aliphatic heterocycles. The van der Waals surface area contributed by atoms with Gasteiger partial charge in [0.05, 0.1) is 6.54 Å². The van der Waals surface area contributed by atoms with Crippen molar-refractivity contribution >= 4 is 17.6 Å². The predicted octanol–water partition coefficient (Wildman–Crippen LogP) is 3.19. The van der Waals surface area contributed by atoms with Gasteiger partial charge in [0, 0.05) is 31.1 Å². The lowest BCUT2D eigenvalue weighted by molar-refractivity contribution is -0.116. The van der Waals surface area contributed by atoms with Crippen LogP contribution in [-0.4, -0.2) is 31.5 Å². The van der Waals surface area contributed by atoms with Crippen molar-refractivity contribution in [3.8, 4) is 0 Å². The van der Waals surface area contributed by atoms with Gasteiger partial charge in [-0.2, -0.15) is 0 Å². The summed E-state index contributed by atoms with van der Waals surface area (Å²) in [5.74, 6) is -1.08. The first-order valence-electron chi connectivity index (χ1n) is 9.42. The Hall–Kier alpha value is -2.96. The molecule has 2 aromatic carbocycles. The van der Waals surface area contributed by atoms with E-state index in [4.69, 9.17) is 0 Å². The molecule has 148 valence electrons. The molecule has 28 heavy (non-hydrogen) atoms. The average Bonchev–Trinajstić information content (AvgIpc) is 2.69. The predicted molar refractivity (Wildman–Crippen MR) is 106 cm³/mol. The Bertz CT molecular complexity index is 869. The molecule has 0 fully saturated rings. The van der Waals surface area contributed by atoms with E-state index in [9.17, 15) is 13.6 Å². The number of nitrogens with one attached hydrogen (secondary N) is 3. The van der Waals surface area contributed by atoms with E-state index in [2.05, 4.69) is 20.9 Å². The second-order valence-electron chi connectivity index (χ2n) is 6.65. The van der Waals surface area contributed by atoms with Gasteiger partial charge in [0.15, 0.2) is 17.6 Å². The highest BCUT2D eigenvalue weighted by molar-refractivity contribution is 5.94. The summed E-state index contributed by atoms with van der Waals surface area (Å²) in [5, 5.41) is 9.16. The highest BCUT2D eigenvalue weighted by Crippen LogP contribution is 2.31. The molecule has 1 heterocycles. The Morgan fingerprint density at radius 1 is 1.18 bits per heavy atom. The van der Waals surface area contributed by atoms with E-state index in [1.807, 2.05) is 31.2 Å². The molecule has 0 aliphatic carbocycles. The molecule has 3 rings (SSSR count). The van der Waals surface area contributed by atoms with Crippen LogP contribution in [0.4, 0.5) is 14.5 Å². The topological polar surface area (TPSA) is 65.5 Å². The Labute approximate surface area is 163 Å². The van der Waals surface area contributed by atoms with Crippen molar-refractivity contribution in [2.75, 3.05) is 25.0 Å². The summed E-state index contributed by atoms with van der Waals surface area (Å²) in [4.78, 5) is 16.5. The van der Waals surface area contributed by atoms with Crippen LogP contribution in [0.25, 0.3) is 0 Å². The summed E-state index contributed by atoms with van der Waals surface area (Å²) < 4.78 is 27.1. The van der Waals surface area contributed by atoms with Gasteiger partial charge in [-0.3, -0.25) is 9.79 Å². The molecule has 0 bridgehead atoms. The minimum atomic E-state index is -0.840. The van der Waals surface area contributed by atoms with Crippen molar-refractivity contribution < 1.29 is 13.6 Å². The second kappa shape index (κ2) is 9.30. The van der Waals surface area contributed by atoms with Crippen molar-refractivity contribution in [2.24, 2.45) is 4.99 Å². The number of aliphatic imine (C=N–C) groups is 1. The third-order valence-electron chi connectivity index (χ3n) is 4.64. The largest absolute Gasteiger partial charge is 0.357 e. The van der Waals surface area contributed by atoms with Crippen molar-refractivity contribution in [2.45, 2.75) is 25.7 Å². The second-order valence-corrected chi connectivity index (χ2v) is 6.65. The monoisotopic (exact) mass is 386 g/mol.